The van der Waals surface area contributed by atoms with Crippen LogP contribution in [0, 0.1) is 0 Å². The predicted molar refractivity (Wildman–Crippen MR) is 127 cm³/mol. The number of hydrogen-bond donors (Lipinski definition) is 1. The van der Waals surface area contributed by atoms with Crippen molar-refractivity contribution in [2.75, 3.05) is 45.2 Å². The van der Waals surface area contributed by atoms with E-state index in [4.69, 9.17) is 4.74 Å². The molecule has 2 aliphatic rings. The molecule has 3 rings (SSSR count). The lowest BCUT2D eigenvalue weighted by molar-refractivity contribution is 0.0473. The number of sulfonamides is 1. The highest BCUT2D eigenvalue weighted by molar-refractivity contribution is 7.89. The average Bonchev–Trinajstić information content (AvgIpc) is 3.26. The number of carbonyl (C=O) groups excluding carboxylic acids is 2. The molecule has 33 heavy (non-hydrogen) atoms. The van der Waals surface area contributed by atoms with Gasteiger partial charge in [0.05, 0.1) is 10.5 Å². The van der Waals surface area contributed by atoms with Crippen molar-refractivity contribution in [3.8, 4) is 0 Å². The van der Waals surface area contributed by atoms with Gasteiger partial charge in [0.25, 0.3) is 5.91 Å². The van der Waals surface area contributed by atoms with E-state index in [-0.39, 0.29) is 16.8 Å². The van der Waals surface area contributed by atoms with Crippen LogP contribution in [0.1, 0.15) is 56.8 Å². The van der Waals surface area contributed by atoms with Crippen LogP contribution in [0.3, 0.4) is 0 Å². The number of likely N-dealkylation sites (tertiary alicyclic amines) is 1. The lowest BCUT2D eigenvalue weighted by atomic mass is 10.0. The van der Waals surface area contributed by atoms with Gasteiger partial charge < -0.3 is 19.9 Å². The zero-order valence-corrected chi connectivity index (χ0v) is 21.1. The van der Waals surface area contributed by atoms with E-state index in [9.17, 15) is 18.0 Å². The molecule has 0 aliphatic carbocycles. The zero-order chi connectivity index (χ0) is 24.4. The summed E-state index contributed by atoms with van der Waals surface area (Å²) in [6.07, 6.45) is 2.87. The average molecular weight is 481 g/mol. The van der Waals surface area contributed by atoms with Crippen molar-refractivity contribution in [2.45, 2.75) is 63.0 Å². The van der Waals surface area contributed by atoms with Gasteiger partial charge in [-0.15, -0.1) is 0 Å². The number of nitrogens with one attached hydrogen (secondary N) is 1. The van der Waals surface area contributed by atoms with Crippen molar-refractivity contribution in [1.82, 2.24) is 14.5 Å². The fourth-order valence-corrected chi connectivity index (χ4v) is 5.09. The van der Waals surface area contributed by atoms with Crippen LogP contribution in [0.5, 0.6) is 0 Å². The van der Waals surface area contributed by atoms with Crippen molar-refractivity contribution in [1.29, 1.82) is 0 Å². The number of piperidine rings is 1. The number of nitrogens with zero attached hydrogens (tertiary/aromatic N) is 3. The Morgan fingerprint density at radius 3 is 2.21 bits per heavy atom. The van der Waals surface area contributed by atoms with Gasteiger partial charge in [-0.05, 0) is 64.7 Å². The summed E-state index contributed by atoms with van der Waals surface area (Å²) in [6, 6.07) is 4.78. The quantitative estimate of drug-likeness (QED) is 0.696. The zero-order valence-electron chi connectivity index (χ0n) is 20.3. The van der Waals surface area contributed by atoms with Gasteiger partial charge in [0.15, 0.2) is 0 Å². The standard InChI is InChI=1S/C23H36N4O5S/c1-23(2,3)32-22(29)24-17-10-14-27(15-11-17)21(28)19-16-18(33(30,31)25(4)5)8-9-20(19)26-12-6-7-13-26/h8-9,16-17H,6-7,10-15H2,1-5H3,(H,24,29). The number of benzene rings is 1. The van der Waals surface area contributed by atoms with E-state index in [1.807, 2.05) is 20.8 Å². The normalized spacial score (nSPS) is 18.0. The summed E-state index contributed by atoms with van der Waals surface area (Å²) >= 11 is 0. The van der Waals surface area contributed by atoms with E-state index in [0.29, 0.717) is 31.5 Å². The minimum atomic E-state index is -3.66. The maximum absolute atomic E-state index is 13.5. The summed E-state index contributed by atoms with van der Waals surface area (Å²) in [5, 5.41) is 2.88. The molecule has 2 aliphatic heterocycles. The highest BCUT2D eigenvalue weighted by Gasteiger charge is 2.30. The minimum absolute atomic E-state index is 0.0672. The number of rotatable bonds is 5. The van der Waals surface area contributed by atoms with E-state index in [0.717, 1.165) is 35.9 Å². The number of ether oxygens (including phenoxy) is 1. The summed E-state index contributed by atoms with van der Waals surface area (Å²) in [6.45, 7) is 8.10. The van der Waals surface area contributed by atoms with Crippen LogP contribution in [0.4, 0.5) is 10.5 Å². The van der Waals surface area contributed by atoms with Crippen LogP contribution in [0.2, 0.25) is 0 Å². The third-order valence-electron chi connectivity index (χ3n) is 5.93. The molecule has 0 saturated carbocycles. The molecule has 1 aromatic carbocycles. The van der Waals surface area contributed by atoms with E-state index in [1.165, 1.54) is 20.2 Å². The first kappa shape index (κ1) is 25.3. The summed E-state index contributed by atoms with van der Waals surface area (Å²) in [5.41, 5.74) is 0.632. The Balaban J connectivity index is 1.76. The number of hydrogen-bond acceptors (Lipinski definition) is 6. The fourth-order valence-electron chi connectivity index (χ4n) is 4.16. The molecule has 2 amide bonds. The molecule has 0 unspecified atom stereocenters. The fraction of sp³-hybridized carbons (Fsp3) is 0.652. The summed E-state index contributed by atoms with van der Waals surface area (Å²) in [7, 11) is -0.699. The van der Waals surface area contributed by atoms with Crippen molar-refractivity contribution in [3.05, 3.63) is 23.8 Å². The van der Waals surface area contributed by atoms with Gasteiger partial charge >= 0.3 is 6.09 Å². The molecule has 184 valence electrons. The first-order valence-electron chi connectivity index (χ1n) is 11.5. The highest BCUT2D eigenvalue weighted by atomic mass is 32.2. The third-order valence-corrected chi connectivity index (χ3v) is 7.74. The van der Waals surface area contributed by atoms with Gasteiger partial charge in [-0.3, -0.25) is 4.79 Å². The monoisotopic (exact) mass is 480 g/mol. The molecule has 0 spiro atoms. The lowest BCUT2D eigenvalue weighted by Gasteiger charge is -2.34. The Bertz CT molecular complexity index is 973. The Morgan fingerprint density at radius 2 is 1.67 bits per heavy atom. The summed E-state index contributed by atoms with van der Waals surface area (Å²) in [4.78, 5) is 29.6. The highest BCUT2D eigenvalue weighted by Crippen LogP contribution is 2.30. The molecule has 0 aromatic heterocycles. The molecule has 0 bridgehead atoms. The van der Waals surface area contributed by atoms with Gasteiger partial charge in [0.2, 0.25) is 10.0 Å². The summed E-state index contributed by atoms with van der Waals surface area (Å²) in [5.74, 6) is -0.177. The van der Waals surface area contributed by atoms with Crippen LogP contribution < -0.4 is 10.2 Å². The second kappa shape index (κ2) is 9.89. The van der Waals surface area contributed by atoms with Gasteiger partial charge in [-0.25, -0.2) is 17.5 Å². The minimum Gasteiger partial charge on any atom is -0.444 e. The lowest BCUT2D eigenvalue weighted by Crippen LogP contribution is -2.47. The number of amides is 2. The number of carbonyl (C=O) groups is 2. The Hall–Kier alpha value is -2.33. The molecule has 10 heteroatoms. The topological polar surface area (TPSA) is 99.3 Å². The van der Waals surface area contributed by atoms with Gasteiger partial charge in [0, 0.05) is 52.0 Å². The SMILES string of the molecule is CN(C)S(=O)(=O)c1ccc(N2CCCC2)c(C(=O)N2CCC(NC(=O)OC(C)(C)C)CC2)c1. The number of alkyl carbamates (subject to hydrolysis) is 1. The maximum Gasteiger partial charge on any atom is 0.407 e. The second-order valence-electron chi connectivity index (χ2n) is 9.87. The van der Waals surface area contributed by atoms with Crippen LogP contribution in [0.15, 0.2) is 23.1 Å². The van der Waals surface area contributed by atoms with Crippen LogP contribution in [0.25, 0.3) is 0 Å². The number of anilines is 1. The van der Waals surface area contributed by atoms with Crippen molar-refractivity contribution in [2.24, 2.45) is 0 Å². The van der Waals surface area contributed by atoms with Crippen molar-refractivity contribution < 1.29 is 22.7 Å². The molecule has 0 radical (unpaired) electrons. The van der Waals surface area contributed by atoms with E-state index < -0.39 is 21.7 Å². The van der Waals surface area contributed by atoms with Crippen molar-refractivity contribution in [3.63, 3.8) is 0 Å². The Kier molecular flexibility index (Phi) is 7.58. The van der Waals surface area contributed by atoms with Gasteiger partial charge in [-0.2, -0.15) is 0 Å². The Morgan fingerprint density at radius 1 is 1.06 bits per heavy atom. The first-order valence-corrected chi connectivity index (χ1v) is 12.9. The first-order chi connectivity index (χ1) is 15.4. The van der Waals surface area contributed by atoms with Crippen LogP contribution >= 0.6 is 0 Å². The van der Waals surface area contributed by atoms with Crippen LogP contribution in [-0.2, 0) is 14.8 Å². The van der Waals surface area contributed by atoms with E-state index in [1.54, 1.807) is 17.0 Å². The molecule has 2 saturated heterocycles. The maximum atomic E-state index is 13.5. The largest absolute Gasteiger partial charge is 0.444 e. The van der Waals surface area contributed by atoms with Crippen LogP contribution in [-0.4, -0.2) is 81.5 Å². The molecule has 9 nitrogen and oxygen atoms in total. The molecule has 1 aromatic rings. The smallest absolute Gasteiger partial charge is 0.407 e. The third kappa shape index (κ3) is 6.17. The molecular formula is C23H36N4O5S. The van der Waals surface area contributed by atoms with E-state index in [2.05, 4.69) is 10.2 Å². The van der Waals surface area contributed by atoms with Crippen molar-refractivity contribution >= 4 is 27.7 Å². The molecule has 1 N–H and O–H groups in total. The predicted octanol–water partition coefficient (Wildman–Crippen LogP) is 2.67. The van der Waals surface area contributed by atoms with E-state index >= 15 is 0 Å². The summed E-state index contributed by atoms with van der Waals surface area (Å²) < 4.78 is 31.9. The second-order valence-corrected chi connectivity index (χ2v) is 12.0. The molecule has 0 atom stereocenters. The van der Waals surface area contributed by atoms with Gasteiger partial charge in [-0.1, -0.05) is 0 Å². The Labute approximate surface area is 197 Å². The molecule has 2 fully saturated rings. The molecular weight excluding hydrogens is 444 g/mol. The van der Waals surface area contributed by atoms with Gasteiger partial charge in [0.1, 0.15) is 5.60 Å². The molecule has 2 heterocycles.